The number of carbonyl (C=O) groups is 1. The minimum atomic E-state index is -3.96. The molecule has 5 aromatic rings. The van der Waals surface area contributed by atoms with Crippen LogP contribution in [0.25, 0.3) is 0 Å². The lowest BCUT2D eigenvalue weighted by Crippen LogP contribution is -2.47. The van der Waals surface area contributed by atoms with Gasteiger partial charge in [0.2, 0.25) is 15.9 Å². The summed E-state index contributed by atoms with van der Waals surface area (Å²) in [5, 5.41) is 21.5. The summed E-state index contributed by atoms with van der Waals surface area (Å²) in [4.78, 5) is 13.6. The van der Waals surface area contributed by atoms with Crippen LogP contribution in [0.4, 0.5) is 0 Å². The van der Waals surface area contributed by atoms with Crippen molar-refractivity contribution in [3.63, 3.8) is 0 Å². The number of carbonyl (C=O) groups excluding carboxylic acids is 1. The number of aryl methyl sites for hydroxylation is 2. The number of hydrogen-bond acceptors (Lipinski definition) is 9. The molecule has 11 nitrogen and oxygen atoms in total. The van der Waals surface area contributed by atoms with Crippen molar-refractivity contribution in [1.29, 1.82) is 0 Å². The Bertz CT molecular complexity index is 2020. The molecule has 1 saturated heterocycles. The van der Waals surface area contributed by atoms with Gasteiger partial charge >= 0.3 is 0 Å². The summed E-state index contributed by atoms with van der Waals surface area (Å²) in [6.07, 6.45) is 0.764. The van der Waals surface area contributed by atoms with Gasteiger partial charge in [0.25, 0.3) is 0 Å². The van der Waals surface area contributed by atoms with Crippen molar-refractivity contribution in [2.24, 2.45) is 13.0 Å². The Hall–Kier alpha value is -4.37. The molecule has 0 spiro atoms. The third-order valence-corrected chi connectivity index (χ3v) is 11.7. The molecule has 5 atom stereocenters. The molecule has 1 fully saturated rings. The first-order valence-corrected chi connectivity index (χ1v) is 19.5. The number of aromatic nitrogens is 3. The molecule has 0 bridgehead atoms. The van der Waals surface area contributed by atoms with Crippen LogP contribution in [-0.4, -0.2) is 52.1 Å². The van der Waals surface area contributed by atoms with Crippen LogP contribution in [0.15, 0.2) is 120 Å². The van der Waals surface area contributed by atoms with Gasteiger partial charge in [0.15, 0.2) is 11.4 Å². The third kappa shape index (κ3) is 9.34. The summed E-state index contributed by atoms with van der Waals surface area (Å²) >= 11 is 1.57. The fourth-order valence-electron chi connectivity index (χ4n) is 5.99. The fourth-order valence-corrected chi connectivity index (χ4v) is 8.23. The normalized spacial score (nSPS) is 19.6. The molecule has 272 valence electrons. The summed E-state index contributed by atoms with van der Waals surface area (Å²) in [6.45, 7) is 4.15. The van der Waals surface area contributed by atoms with Crippen molar-refractivity contribution in [3.05, 3.63) is 143 Å². The van der Waals surface area contributed by atoms with E-state index >= 15 is 0 Å². The number of ether oxygens (including phenoxy) is 2. The van der Waals surface area contributed by atoms with E-state index in [1.165, 1.54) is 12.1 Å². The van der Waals surface area contributed by atoms with Crippen LogP contribution < -0.4 is 10.0 Å². The van der Waals surface area contributed by atoms with Crippen molar-refractivity contribution in [2.75, 3.05) is 5.75 Å². The van der Waals surface area contributed by atoms with E-state index in [2.05, 4.69) is 27.2 Å². The Kier molecular flexibility index (Phi) is 12.2. The first-order chi connectivity index (χ1) is 25.1. The van der Waals surface area contributed by atoms with Crippen molar-refractivity contribution in [1.82, 2.24) is 24.8 Å². The minimum absolute atomic E-state index is 0.0127. The second kappa shape index (κ2) is 17.0. The summed E-state index contributed by atoms with van der Waals surface area (Å²) in [6, 6.07) is 30.2. The fraction of sp³-hybridized carbons (Fsp3) is 0.308. The number of thioether (sulfide) groups is 1. The second-order valence-electron chi connectivity index (χ2n) is 13.0. The minimum Gasteiger partial charge on any atom is -0.392 e. The van der Waals surface area contributed by atoms with Gasteiger partial charge < -0.3 is 24.5 Å². The van der Waals surface area contributed by atoms with Gasteiger partial charge in [-0.15, -0.1) is 10.2 Å². The van der Waals surface area contributed by atoms with Gasteiger partial charge in [-0.1, -0.05) is 115 Å². The van der Waals surface area contributed by atoms with E-state index in [9.17, 15) is 18.3 Å². The topological polar surface area (TPSA) is 145 Å². The first-order valence-electron chi connectivity index (χ1n) is 17.1. The highest BCUT2D eigenvalue weighted by molar-refractivity contribution is 7.99. The maximum absolute atomic E-state index is 13.5. The number of amides is 1. The zero-order valence-corrected chi connectivity index (χ0v) is 30.9. The average molecular weight is 742 g/mol. The number of benzene rings is 4. The summed E-state index contributed by atoms with van der Waals surface area (Å²) < 4.78 is 44.2. The molecule has 1 aromatic heterocycles. The highest BCUT2D eigenvalue weighted by atomic mass is 32.2. The van der Waals surface area contributed by atoms with E-state index in [0.29, 0.717) is 5.75 Å². The molecule has 0 unspecified atom stereocenters. The van der Waals surface area contributed by atoms with Gasteiger partial charge in [-0.3, -0.25) is 4.79 Å². The number of rotatable bonds is 14. The highest BCUT2D eigenvalue weighted by Gasteiger charge is 2.38. The SMILES string of the molecule is Cc1ccc(S(=O)(=O)N[C@H](Cc2ccccc2)C(=O)NCc2ccc([C@@H]3O[C@H](CSc4nncn4C)[C@H](C)[C@H](c4ccc(CO)cc4)O3)cc2)cc1. The molecular formula is C39H43N5O6S2. The van der Waals surface area contributed by atoms with Crippen LogP contribution in [-0.2, 0) is 50.9 Å². The first kappa shape index (κ1) is 37.4. The molecule has 0 saturated carbocycles. The van der Waals surface area contributed by atoms with Gasteiger partial charge in [0.1, 0.15) is 12.4 Å². The van der Waals surface area contributed by atoms with Crippen LogP contribution in [0.1, 0.15) is 52.7 Å². The number of hydrogen-bond donors (Lipinski definition) is 3. The lowest BCUT2D eigenvalue weighted by atomic mass is 9.91. The van der Waals surface area contributed by atoms with Crippen molar-refractivity contribution >= 4 is 27.7 Å². The zero-order valence-electron chi connectivity index (χ0n) is 29.3. The molecule has 6 rings (SSSR count). The van der Waals surface area contributed by atoms with E-state index in [-0.39, 0.29) is 42.6 Å². The third-order valence-electron chi connectivity index (χ3n) is 9.12. The maximum atomic E-state index is 13.5. The number of nitrogens with one attached hydrogen (secondary N) is 2. The lowest BCUT2D eigenvalue weighted by molar-refractivity contribution is -0.268. The largest absolute Gasteiger partial charge is 0.392 e. The number of aliphatic hydroxyl groups excluding tert-OH is 1. The Morgan fingerprint density at radius 2 is 1.58 bits per heavy atom. The van der Waals surface area contributed by atoms with Gasteiger partial charge in [-0.2, -0.15) is 4.72 Å². The van der Waals surface area contributed by atoms with E-state index in [1.54, 1.807) is 30.2 Å². The van der Waals surface area contributed by atoms with Crippen LogP contribution in [0.3, 0.4) is 0 Å². The lowest BCUT2D eigenvalue weighted by Gasteiger charge is -2.41. The summed E-state index contributed by atoms with van der Waals surface area (Å²) in [5.74, 6) is 0.217. The van der Waals surface area contributed by atoms with E-state index in [1.807, 2.05) is 97.4 Å². The Balaban J connectivity index is 1.15. The van der Waals surface area contributed by atoms with Crippen molar-refractivity contribution in [3.8, 4) is 0 Å². The number of sulfonamides is 1. The smallest absolute Gasteiger partial charge is 0.241 e. The molecular weight excluding hydrogens is 699 g/mol. The quantitative estimate of drug-likeness (QED) is 0.127. The van der Waals surface area contributed by atoms with Gasteiger partial charge in [-0.25, -0.2) is 8.42 Å². The molecule has 1 amide bonds. The second-order valence-corrected chi connectivity index (χ2v) is 15.7. The van der Waals surface area contributed by atoms with Gasteiger partial charge in [-0.05, 0) is 47.7 Å². The molecule has 0 radical (unpaired) electrons. The molecule has 2 heterocycles. The molecule has 3 N–H and O–H groups in total. The highest BCUT2D eigenvalue weighted by Crippen LogP contribution is 2.43. The molecule has 1 aliphatic rings. The van der Waals surface area contributed by atoms with Crippen molar-refractivity contribution in [2.45, 2.75) is 68.0 Å². The predicted molar refractivity (Wildman–Crippen MR) is 198 cm³/mol. The van der Waals surface area contributed by atoms with Crippen LogP contribution in [0, 0.1) is 12.8 Å². The predicted octanol–water partition coefficient (Wildman–Crippen LogP) is 5.41. The van der Waals surface area contributed by atoms with E-state index in [0.717, 1.165) is 38.5 Å². The Labute approximate surface area is 308 Å². The maximum Gasteiger partial charge on any atom is 0.241 e. The Morgan fingerprint density at radius 3 is 2.23 bits per heavy atom. The van der Waals surface area contributed by atoms with Crippen LogP contribution >= 0.6 is 11.8 Å². The van der Waals surface area contributed by atoms with E-state index < -0.39 is 28.3 Å². The van der Waals surface area contributed by atoms with Crippen LogP contribution in [0.5, 0.6) is 0 Å². The number of nitrogens with zero attached hydrogens (tertiary/aromatic N) is 3. The molecule has 4 aromatic carbocycles. The Morgan fingerprint density at radius 1 is 0.904 bits per heavy atom. The average Bonchev–Trinajstić information content (AvgIpc) is 3.58. The molecule has 52 heavy (non-hydrogen) atoms. The van der Waals surface area contributed by atoms with Gasteiger partial charge in [0.05, 0.1) is 23.7 Å². The molecule has 1 aliphatic heterocycles. The van der Waals surface area contributed by atoms with Crippen molar-refractivity contribution < 1.29 is 27.8 Å². The van der Waals surface area contributed by atoms with Crippen LogP contribution in [0.2, 0.25) is 0 Å². The van der Waals surface area contributed by atoms with E-state index in [4.69, 9.17) is 9.47 Å². The summed E-state index contributed by atoms with van der Waals surface area (Å²) in [5.41, 5.74) is 5.23. The molecule has 0 aliphatic carbocycles. The summed E-state index contributed by atoms with van der Waals surface area (Å²) in [7, 11) is -2.05. The monoisotopic (exact) mass is 741 g/mol. The van der Waals surface area contributed by atoms with Gasteiger partial charge in [0, 0.05) is 30.8 Å². The molecule has 13 heteroatoms. The standard InChI is InChI=1S/C39H43N5O6S2/c1-26-9-19-33(20-10-26)52(47,48)43-34(21-28-7-5-4-6-8-28)37(46)40-22-29-11-17-32(18-12-29)38-49-35(24-51-39-42-41-25-44(39)3)27(2)36(50-38)31-15-13-30(23-45)14-16-31/h4-20,25,27,34-36,38,43,45H,21-24H2,1-3H3,(H,40,46)/t27-,34+,35+,36+,38+/m0/s1. The zero-order chi connectivity index (χ0) is 36.7. The number of aliphatic hydroxyl groups is 1.